The van der Waals surface area contributed by atoms with Gasteiger partial charge in [0.2, 0.25) is 0 Å². The molecule has 3 aromatic rings. The van der Waals surface area contributed by atoms with Crippen molar-refractivity contribution in [3.05, 3.63) is 89.6 Å². The van der Waals surface area contributed by atoms with Gasteiger partial charge in [-0.25, -0.2) is 9.79 Å². The molecule has 1 atom stereocenters. The van der Waals surface area contributed by atoms with Crippen LogP contribution in [0.15, 0.2) is 63.5 Å². The lowest BCUT2D eigenvalue weighted by molar-refractivity contribution is -0.139. The molecule has 0 fully saturated rings. The lowest BCUT2D eigenvalue weighted by Crippen LogP contribution is -2.40. The predicted molar refractivity (Wildman–Crippen MR) is 136 cm³/mol. The quantitative estimate of drug-likeness (QED) is 0.484. The molecule has 0 unspecified atom stereocenters. The molecule has 9 heteroatoms. The molecule has 7 nitrogen and oxygen atoms in total. The first-order chi connectivity index (χ1) is 16.9. The SMILES string of the molecule is CCCC1=C(C(=O)OCC)[C@H](c2cc(Cl)ccc2OC)n2c(s/c(=C/c3ccc(O)cc3)c2=O)=N1. The van der Waals surface area contributed by atoms with E-state index in [1.165, 1.54) is 23.0 Å². The maximum atomic E-state index is 13.7. The number of thiazole rings is 1. The molecule has 0 spiro atoms. The molecule has 1 aromatic heterocycles. The third-order valence-electron chi connectivity index (χ3n) is 5.57. The minimum atomic E-state index is -0.817. The summed E-state index contributed by atoms with van der Waals surface area (Å²) in [5, 5.41) is 10.0. The van der Waals surface area contributed by atoms with Gasteiger partial charge in [0.25, 0.3) is 5.56 Å². The summed E-state index contributed by atoms with van der Waals surface area (Å²) in [5.41, 5.74) is 1.91. The van der Waals surface area contributed by atoms with E-state index in [1.807, 2.05) is 6.92 Å². The molecule has 4 rings (SSSR count). The maximum absolute atomic E-state index is 13.7. The second-order valence-electron chi connectivity index (χ2n) is 7.89. The van der Waals surface area contributed by atoms with Crippen LogP contribution in [0.1, 0.15) is 43.9 Å². The zero-order valence-electron chi connectivity index (χ0n) is 19.6. The number of benzene rings is 2. The van der Waals surface area contributed by atoms with E-state index in [4.69, 9.17) is 26.1 Å². The highest BCUT2D eigenvalue weighted by atomic mass is 35.5. The van der Waals surface area contributed by atoms with Crippen molar-refractivity contribution in [1.82, 2.24) is 4.57 Å². The number of ether oxygens (including phenoxy) is 2. The summed E-state index contributed by atoms with van der Waals surface area (Å²) in [7, 11) is 1.53. The van der Waals surface area contributed by atoms with Gasteiger partial charge >= 0.3 is 5.97 Å². The average Bonchev–Trinajstić information content (AvgIpc) is 3.14. The Morgan fingerprint density at radius 2 is 1.97 bits per heavy atom. The summed E-state index contributed by atoms with van der Waals surface area (Å²) in [6.07, 6.45) is 3.03. The van der Waals surface area contributed by atoms with Crippen LogP contribution in [-0.4, -0.2) is 29.4 Å². The number of aromatic hydroxyl groups is 1. The number of rotatable bonds is 7. The number of esters is 1. The first-order valence-electron chi connectivity index (χ1n) is 11.2. The fraction of sp³-hybridized carbons (Fsp3) is 0.269. The summed E-state index contributed by atoms with van der Waals surface area (Å²) in [6.45, 7) is 3.92. The van der Waals surface area contributed by atoms with Crippen molar-refractivity contribution >= 4 is 35.0 Å². The Kier molecular flexibility index (Phi) is 7.42. The number of hydrogen-bond acceptors (Lipinski definition) is 7. The van der Waals surface area contributed by atoms with Crippen LogP contribution in [0.2, 0.25) is 5.02 Å². The van der Waals surface area contributed by atoms with Crippen molar-refractivity contribution < 1.29 is 19.4 Å². The second-order valence-corrected chi connectivity index (χ2v) is 9.34. The molecular weight excluding hydrogens is 488 g/mol. The van der Waals surface area contributed by atoms with Gasteiger partial charge in [-0.15, -0.1) is 0 Å². The molecule has 0 saturated heterocycles. The smallest absolute Gasteiger partial charge is 0.338 e. The summed E-state index contributed by atoms with van der Waals surface area (Å²) < 4.78 is 13.0. The summed E-state index contributed by atoms with van der Waals surface area (Å²) in [5.74, 6) is 0.103. The van der Waals surface area contributed by atoms with E-state index in [0.29, 0.717) is 43.4 Å². The number of carbonyl (C=O) groups is 1. The number of phenolic OH excluding ortho intramolecular Hbond substituents is 1. The zero-order valence-corrected chi connectivity index (χ0v) is 21.2. The Balaban J connectivity index is 2.04. The van der Waals surface area contributed by atoms with Gasteiger partial charge in [-0.3, -0.25) is 9.36 Å². The molecule has 1 aliphatic heterocycles. The number of carbonyl (C=O) groups excluding carboxylic acids is 1. The third kappa shape index (κ3) is 4.90. The highest BCUT2D eigenvalue weighted by Gasteiger charge is 2.36. The Morgan fingerprint density at radius 1 is 1.23 bits per heavy atom. The van der Waals surface area contributed by atoms with E-state index in [9.17, 15) is 14.7 Å². The van der Waals surface area contributed by atoms with E-state index in [1.54, 1.807) is 55.5 Å². The molecule has 182 valence electrons. The minimum absolute atomic E-state index is 0.139. The average molecular weight is 513 g/mol. The van der Waals surface area contributed by atoms with Crippen LogP contribution in [-0.2, 0) is 9.53 Å². The summed E-state index contributed by atoms with van der Waals surface area (Å²) in [6, 6.07) is 10.8. The molecule has 2 aromatic carbocycles. The van der Waals surface area contributed by atoms with Gasteiger partial charge in [0.15, 0.2) is 4.80 Å². The fourth-order valence-electron chi connectivity index (χ4n) is 4.06. The van der Waals surface area contributed by atoms with Crippen LogP contribution in [0, 0.1) is 0 Å². The van der Waals surface area contributed by atoms with Gasteiger partial charge in [0.1, 0.15) is 17.5 Å². The first-order valence-corrected chi connectivity index (χ1v) is 12.4. The number of nitrogens with zero attached hydrogens (tertiary/aromatic N) is 2. The molecule has 1 N–H and O–H groups in total. The van der Waals surface area contributed by atoms with E-state index >= 15 is 0 Å². The molecule has 0 aliphatic carbocycles. The number of aromatic nitrogens is 1. The number of phenols is 1. The molecule has 2 heterocycles. The normalized spacial score (nSPS) is 15.5. The number of methoxy groups -OCH3 is 1. The van der Waals surface area contributed by atoms with Crippen molar-refractivity contribution in [2.75, 3.05) is 13.7 Å². The monoisotopic (exact) mass is 512 g/mol. The largest absolute Gasteiger partial charge is 0.508 e. The zero-order chi connectivity index (χ0) is 25.1. The lowest BCUT2D eigenvalue weighted by atomic mass is 9.93. The van der Waals surface area contributed by atoms with Crippen molar-refractivity contribution in [2.24, 2.45) is 4.99 Å². The van der Waals surface area contributed by atoms with Crippen molar-refractivity contribution in [3.8, 4) is 11.5 Å². The number of hydrogen-bond donors (Lipinski definition) is 1. The molecule has 0 saturated carbocycles. The van der Waals surface area contributed by atoms with Crippen molar-refractivity contribution in [1.29, 1.82) is 0 Å². The van der Waals surface area contributed by atoms with Crippen molar-refractivity contribution in [3.63, 3.8) is 0 Å². The number of halogens is 1. The van der Waals surface area contributed by atoms with E-state index in [2.05, 4.69) is 0 Å². The number of fused-ring (bicyclic) bond motifs is 1. The van der Waals surface area contributed by atoms with Gasteiger partial charge < -0.3 is 14.6 Å². The van der Waals surface area contributed by atoms with Crippen LogP contribution in [0.3, 0.4) is 0 Å². The number of allylic oxidation sites excluding steroid dienone is 1. The Bertz CT molecular complexity index is 1470. The second kappa shape index (κ2) is 10.5. The summed E-state index contributed by atoms with van der Waals surface area (Å²) in [4.78, 5) is 32.2. The standard InChI is InChI=1S/C26H25ClN2O5S/c1-4-6-19-22(25(32)34-5-2)23(18-14-16(27)9-12-20(18)33-3)29-24(31)21(35-26(29)28-19)13-15-7-10-17(30)11-8-15/h7-14,23,30H,4-6H2,1-3H3/b21-13+/t23-/m0/s1. The Morgan fingerprint density at radius 3 is 2.63 bits per heavy atom. The van der Waals surface area contributed by atoms with E-state index < -0.39 is 12.0 Å². The van der Waals surface area contributed by atoms with Crippen LogP contribution >= 0.6 is 22.9 Å². The van der Waals surface area contributed by atoms with E-state index in [0.717, 1.165) is 12.0 Å². The highest BCUT2D eigenvalue weighted by Crippen LogP contribution is 2.38. The molecule has 0 amide bonds. The molecule has 0 radical (unpaired) electrons. The third-order valence-corrected chi connectivity index (χ3v) is 6.79. The fourth-order valence-corrected chi connectivity index (χ4v) is 5.26. The van der Waals surface area contributed by atoms with Gasteiger partial charge in [-0.2, -0.15) is 0 Å². The molecule has 1 aliphatic rings. The highest BCUT2D eigenvalue weighted by molar-refractivity contribution is 7.07. The minimum Gasteiger partial charge on any atom is -0.508 e. The van der Waals surface area contributed by atoms with Gasteiger partial charge in [0, 0.05) is 10.6 Å². The van der Waals surface area contributed by atoms with Crippen LogP contribution in [0.4, 0.5) is 0 Å². The molecule has 35 heavy (non-hydrogen) atoms. The molecular formula is C26H25ClN2O5S. The molecule has 0 bridgehead atoms. The topological polar surface area (TPSA) is 90.1 Å². The van der Waals surface area contributed by atoms with Gasteiger partial charge in [0.05, 0.1) is 29.5 Å². The first kappa shape index (κ1) is 24.8. The Labute approximate surface area is 211 Å². The van der Waals surface area contributed by atoms with Gasteiger partial charge in [-0.05, 0) is 55.3 Å². The van der Waals surface area contributed by atoms with Crippen molar-refractivity contribution in [2.45, 2.75) is 32.7 Å². The summed E-state index contributed by atoms with van der Waals surface area (Å²) >= 11 is 7.59. The maximum Gasteiger partial charge on any atom is 0.338 e. The van der Waals surface area contributed by atoms with Crippen LogP contribution in [0.25, 0.3) is 6.08 Å². The lowest BCUT2D eigenvalue weighted by Gasteiger charge is -2.27. The van der Waals surface area contributed by atoms with Crippen LogP contribution < -0.4 is 19.6 Å². The van der Waals surface area contributed by atoms with E-state index in [-0.39, 0.29) is 17.9 Å². The predicted octanol–water partition coefficient (Wildman–Crippen LogP) is 3.95. The van der Waals surface area contributed by atoms with Crippen LogP contribution in [0.5, 0.6) is 11.5 Å². The Hall–Kier alpha value is -3.36. The van der Waals surface area contributed by atoms with Gasteiger partial charge in [-0.1, -0.05) is 48.4 Å².